The van der Waals surface area contributed by atoms with Crippen LogP contribution in [0.25, 0.3) is 21.7 Å². The monoisotopic (exact) mass is 301 g/mol. The highest BCUT2D eigenvalue weighted by molar-refractivity contribution is 7.17. The van der Waals surface area contributed by atoms with Crippen LogP contribution >= 0.6 is 11.3 Å². The molecule has 4 rings (SSSR count). The van der Waals surface area contributed by atoms with Crippen LogP contribution in [0.3, 0.4) is 0 Å². The van der Waals surface area contributed by atoms with E-state index < -0.39 is 0 Å². The fraction of sp³-hybridized carbons (Fsp3) is 0.333. The Kier molecular flexibility index (Phi) is 3.12. The molecule has 0 aromatic carbocycles. The molecule has 1 aliphatic heterocycles. The lowest BCUT2D eigenvalue weighted by molar-refractivity contribution is 0.265. The summed E-state index contributed by atoms with van der Waals surface area (Å²) in [4.78, 5) is 11.5. The molecule has 1 atom stereocenters. The predicted molar refractivity (Wildman–Crippen MR) is 82.6 cm³/mol. The second-order valence-corrected chi connectivity index (χ2v) is 6.07. The standard InChI is InChI=1S/C15H15N3O2S/c19-9-10-3-1-6-18(10)15-16-11-5-8-21-14(11)13(17-15)12-4-2-7-20-12/h2,4-5,7-8,10,19H,1,3,6,9H2/t10-/m1/s1. The van der Waals surface area contributed by atoms with Gasteiger partial charge in [-0.05, 0) is 36.4 Å². The minimum absolute atomic E-state index is 0.116. The third kappa shape index (κ3) is 2.11. The van der Waals surface area contributed by atoms with Gasteiger partial charge in [-0.1, -0.05) is 0 Å². The summed E-state index contributed by atoms with van der Waals surface area (Å²) in [5.74, 6) is 1.44. The summed E-state index contributed by atoms with van der Waals surface area (Å²) >= 11 is 1.62. The quantitative estimate of drug-likeness (QED) is 0.806. The van der Waals surface area contributed by atoms with Gasteiger partial charge in [0, 0.05) is 6.54 Å². The average Bonchev–Trinajstić information content (AvgIpc) is 3.25. The highest BCUT2D eigenvalue weighted by atomic mass is 32.1. The molecule has 21 heavy (non-hydrogen) atoms. The van der Waals surface area contributed by atoms with E-state index in [2.05, 4.69) is 9.88 Å². The Bertz CT molecular complexity index is 753. The first-order valence-electron chi connectivity index (χ1n) is 7.03. The fourth-order valence-electron chi connectivity index (χ4n) is 2.85. The normalized spacial score (nSPS) is 18.7. The number of aromatic nitrogens is 2. The van der Waals surface area contributed by atoms with Crippen LogP contribution in [0.4, 0.5) is 5.95 Å². The van der Waals surface area contributed by atoms with E-state index in [1.54, 1.807) is 17.6 Å². The lowest BCUT2D eigenvalue weighted by Crippen LogP contribution is -2.33. The Labute approximate surface area is 125 Å². The van der Waals surface area contributed by atoms with Crippen molar-refractivity contribution < 1.29 is 9.52 Å². The maximum absolute atomic E-state index is 9.51. The van der Waals surface area contributed by atoms with E-state index >= 15 is 0 Å². The summed E-state index contributed by atoms with van der Waals surface area (Å²) in [6.07, 6.45) is 3.70. The zero-order valence-corrected chi connectivity index (χ0v) is 12.2. The maximum atomic E-state index is 9.51. The number of fused-ring (bicyclic) bond motifs is 1. The highest BCUT2D eigenvalue weighted by Crippen LogP contribution is 2.33. The zero-order valence-electron chi connectivity index (χ0n) is 11.4. The molecule has 5 nitrogen and oxygen atoms in total. The molecule has 1 N–H and O–H groups in total. The molecule has 0 bridgehead atoms. The van der Waals surface area contributed by atoms with Crippen LogP contribution in [0.5, 0.6) is 0 Å². The van der Waals surface area contributed by atoms with Gasteiger partial charge in [0.1, 0.15) is 5.69 Å². The highest BCUT2D eigenvalue weighted by Gasteiger charge is 2.27. The van der Waals surface area contributed by atoms with Crippen LogP contribution in [0.2, 0.25) is 0 Å². The van der Waals surface area contributed by atoms with Crippen molar-refractivity contribution in [1.29, 1.82) is 0 Å². The van der Waals surface area contributed by atoms with Crippen LogP contribution in [0.15, 0.2) is 34.3 Å². The Morgan fingerprint density at radius 3 is 3.14 bits per heavy atom. The zero-order chi connectivity index (χ0) is 14.2. The van der Waals surface area contributed by atoms with Gasteiger partial charge in [-0.25, -0.2) is 9.97 Å². The van der Waals surface area contributed by atoms with E-state index in [1.165, 1.54) is 0 Å². The van der Waals surface area contributed by atoms with Gasteiger partial charge in [-0.3, -0.25) is 0 Å². The summed E-state index contributed by atoms with van der Waals surface area (Å²) in [6.45, 7) is 1.03. The van der Waals surface area contributed by atoms with Crippen molar-refractivity contribution in [2.75, 3.05) is 18.1 Å². The number of aliphatic hydroxyl groups excluding tert-OH is 1. The van der Waals surface area contributed by atoms with Gasteiger partial charge >= 0.3 is 0 Å². The Morgan fingerprint density at radius 2 is 2.33 bits per heavy atom. The van der Waals surface area contributed by atoms with Crippen LogP contribution < -0.4 is 4.90 Å². The number of furan rings is 1. The van der Waals surface area contributed by atoms with E-state index in [4.69, 9.17) is 9.40 Å². The van der Waals surface area contributed by atoms with Gasteiger partial charge in [0.05, 0.1) is 29.1 Å². The van der Waals surface area contributed by atoms with E-state index in [0.717, 1.165) is 41.1 Å². The predicted octanol–water partition coefficient (Wildman–Crippen LogP) is 2.91. The molecule has 1 saturated heterocycles. The molecule has 0 aliphatic carbocycles. The number of thiophene rings is 1. The third-order valence-electron chi connectivity index (χ3n) is 3.89. The molecule has 1 fully saturated rings. The molecule has 1 aliphatic rings. The van der Waals surface area contributed by atoms with Gasteiger partial charge in [0.25, 0.3) is 0 Å². The lowest BCUT2D eigenvalue weighted by Gasteiger charge is -2.23. The van der Waals surface area contributed by atoms with Crippen LogP contribution in [-0.4, -0.2) is 34.3 Å². The number of hydrogen-bond acceptors (Lipinski definition) is 6. The van der Waals surface area contributed by atoms with Crippen molar-refractivity contribution in [1.82, 2.24) is 9.97 Å². The van der Waals surface area contributed by atoms with Crippen LogP contribution in [-0.2, 0) is 0 Å². The number of rotatable bonds is 3. The smallest absolute Gasteiger partial charge is 0.226 e. The molecule has 0 unspecified atom stereocenters. The number of aliphatic hydroxyl groups is 1. The topological polar surface area (TPSA) is 62.4 Å². The second kappa shape index (κ2) is 5.13. The first kappa shape index (κ1) is 12.8. The average molecular weight is 301 g/mol. The molecule has 0 amide bonds. The summed E-state index contributed by atoms with van der Waals surface area (Å²) in [5, 5.41) is 11.5. The molecular weight excluding hydrogens is 286 g/mol. The first-order valence-corrected chi connectivity index (χ1v) is 7.91. The van der Waals surface area contributed by atoms with Gasteiger partial charge in [0.2, 0.25) is 5.95 Å². The number of nitrogens with zero attached hydrogens (tertiary/aromatic N) is 3. The van der Waals surface area contributed by atoms with Crippen LogP contribution in [0.1, 0.15) is 12.8 Å². The van der Waals surface area contributed by atoms with Gasteiger partial charge < -0.3 is 14.4 Å². The van der Waals surface area contributed by atoms with Crippen molar-refractivity contribution in [2.45, 2.75) is 18.9 Å². The summed E-state index contributed by atoms with van der Waals surface area (Å²) in [5.41, 5.74) is 1.76. The van der Waals surface area contributed by atoms with E-state index in [-0.39, 0.29) is 12.6 Å². The molecule has 0 saturated carbocycles. The van der Waals surface area contributed by atoms with Crippen molar-refractivity contribution in [2.24, 2.45) is 0 Å². The van der Waals surface area contributed by atoms with E-state index in [0.29, 0.717) is 5.95 Å². The fourth-order valence-corrected chi connectivity index (χ4v) is 3.67. The summed E-state index contributed by atoms with van der Waals surface area (Å²) < 4.78 is 6.55. The third-order valence-corrected chi connectivity index (χ3v) is 4.80. The van der Waals surface area contributed by atoms with Crippen molar-refractivity contribution in [3.05, 3.63) is 29.8 Å². The minimum Gasteiger partial charge on any atom is -0.463 e. The first-order chi connectivity index (χ1) is 10.4. The van der Waals surface area contributed by atoms with Crippen molar-refractivity contribution in [3.8, 4) is 11.5 Å². The van der Waals surface area contributed by atoms with Crippen LogP contribution in [0, 0.1) is 0 Å². The van der Waals surface area contributed by atoms with Gasteiger partial charge in [0.15, 0.2) is 5.76 Å². The van der Waals surface area contributed by atoms with E-state index in [1.807, 2.05) is 23.6 Å². The molecule has 3 aromatic heterocycles. The van der Waals surface area contributed by atoms with Crippen molar-refractivity contribution in [3.63, 3.8) is 0 Å². The van der Waals surface area contributed by atoms with E-state index in [9.17, 15) is 5.11 Å². The largest absolute Gasteiger partial charge is 0.463 e. The number of hydrogen-bond donors (Lipinski definition) is 1. The molecule has 0 spiro atoms. The molecule has 4 heterocycles. The lowest BCUT2D eigenvalue weighted by atomic mass is 10.2. The Balaban J connectivity index is 1.87. The summed E-state index contributed by atoms with van der Waals surface area (Å²) in [7, 11) is 0. The van der Waals surface area contributed by atoms with Gasteiger partial charge in [-0.15, -0.1) is 11.3 Å². The number of anilines is 1. The minimum atomic E-state index is 0.116. The maximum Gasteiger partial charge on any atom is 0.226 e. The molecule has 0 radical (unpaired) electrons. The van der Waals surface area contributed by atoms with Gasteiger partial charge in [-0.2, -0.15) is 0 Å². The summed E-state index contributed by atoms with van der Waals surface area (Å²) in [6, 6.07) is 5.90. The van der Waals surface area contributed by atoms with Crippen molar-refractivity contribution >= 4 is 27.5 Å². The Morgan fingerprint density at radius 1 is 1.38 bits per heavy atom. The molecular formula is C15H15N3O2S. The second-order valence-electron chi connectivity index (χ2n) is 5.16. The SMILES string of the molecule is OC[C@H]1CCCN1c1nc(-c2ccco2)c2sccc2n1. The molecule has 108 valence electrons. The molecule has 3 aromatic rings. The molecule has 6 heteroatoms. The Hall–Kier alpha value is -1.92.